The van der Waals surface area contributed by atoms with E-state index in [0.717, 1.165) is 66.6 Å². The summed E-state index contributed by atoms with van der Waals surface area (Å²) < 4.78 is 65.0. The molecule has 0 N–H and O–H groups in total. The fourth-order valence-electron chi connectivity index (χ4n) is 6.59. The van der Waals surface area contributed by atoms with Crippen molar-refractivity contribution >= 4 is 11.0 Å². The second-order valence-corrected chi connectivity index (χ2v) is 11.2. The third-order valence-corrected chi connectivity index (χ3v) is 8.44. The number of aryl methyl sites for hydroxylation is 1. The van der Waals surface area contributed by atoms with E-state index in [1.165, 1.54) is 7.11 Å². The third kappa shape index (κ3) is 5.04. The molecular formula is C31H32F3N3O4. The molecule has 0 atom stereocenters. The Labute approximate surface area is 236 Å². The van der Waals surface area contributed by atoms with Crippen LogP contribution in [0.4, 0.5) is 13.2 Å². The number of hydrogen-bond donors (Lipinski definition) is 0. The quantitative estimate of drug-likeness (QED) is 0.202. The normalized spacial score (nSPS) is 22.0. The van der Waals surface area contributed by atoms with Crippen LogP contribution in [0.3, 0.4) is 0 Å². The summed E-state index contributed by atoms with van der Waals surface area (Å²) in [6.45, 7) is 1.97. The molecule has 2 aromatic carbocycles. The molecule has 0 aliphatic heterocycles. The van der Waals surface area contributed by atoms with E-state index in [-0.39, 0.29) is 23.7 Å². The zero-order valence-corrected chi connectivity index (χ0v) is 23.3. The number of hydrogen-bond acceptors (Lipinski definition) is 6. The predicted octanol–water partition coefficient (Wildman–Crippen LogP) is 7.05. The van der Waals surface area contributed by atoms with E-state index in [0.29, 0.717) is 23.4 Å². The van der Waals surface area contributed by atoms with Crippen LogP contribution >= 0.6 is 0 Å². The summed E-state index contributed by atoms with van der Waals surface area (Å²) in [4.78, 5) is 0. The van der Waals surface area contributed by atoms with Gasteiger partial charge in [-0.1, -0.05) is 12.1 Å². The standard InChI is InChI=1S/C31H32F3N3O4/c1-20-13-23(31(32,33)34)15-26(40-19-38-2)27(20)25-14-22-9-12-37(28(22)36-35-25)29-10-4-11-30(17-29,18-29)41-16-21-5-7-24(39-3)8-6-21/h5-9,12-15H,4,10-11,16-19H2,1-3H3. The first kappa shape index (κ1) is 27.5. The fraction of sp³-hybridized carbons (Fsp3) is 0.419. The van der Waals surface area contributed by atoms with Crippen molar-refractivity contribution in [1.82, 2.24) is 14.8 Å². The van der Waals surface area contributed by atoms with Crippen LogP contribution in [0.15, 0.2) is 54.7 Å². The molecule has 7 nitrogen and oxygen atoms in total. The number of aromatic nitrogens is 3. The van der Waals surface area contributed by atoms with Gasteiger partial charge in [0.15, 0.2) is 12.4 Å². The number of benzene rings is 2. The highest BCUT2D eigenvalue weighted by molar-refractivity contribution is 5.83. The first-order valence-corrected chi connectivity index (χ1v) is 13.6. The molecular weight excluding hydrogens is 535 g/mol. The van der Waals surface area contributed by atoms with Gasteiger partial charge in [0.05, 0.1) is 36.1 Å². The van der Waals surface area contributed by atoms with E-state index in [2.05, 4.69) is 14.8 Å². The van der Waals surface area contributed by atoms with Crippen LogP contribution in [0.5, 0.6) is 11.5 Å². The van der Waals surface area contributed by atoms with E-state index in [4.69, 9.17) is 18.9 Å². The van der Waals surface area contributed by atoms with Gasteiger partial charge in [0.2, 0.25) is 0 Å². The Morgan fingerprint density at radius 1 is 0.976 bits per heavy atom. The molecule has 2 bridgehead atoms. The van der Waals surface area contributed by atoms with Crippen molar-refractivity contribution in [2.75, 3.05) is 21.0 Å². The number of alkyl halides is 3. The van der Waals surface area contributed by atoms with Crippen LogP contribution in [0, 0.1) is 6.92 Å². The molecule has 41 heavy (non-hydrogen) atoms. The van der Waals surface area contributed by atoms with Crippen molar-refractivity contribution in [2.24, 2.45) is 0 Å². The SMILES string of the molecule is COCOc1cc(C(F)(F)F)cc(C)c1-c1cc2ccn(C34CCCC(OCc5ccc(OC)cc5)(C3)C4)c2nn1. The molecule has 3 aliphatic carbocycles. The first-order valence-electron chi connectivity index (χ1n) is 13.6. The second-order valence-electron chi connectivity index (χ2n) is 11.2. The van der Waals surface area contributed by atoms with Crippen LogP contribution < -0.4 is 9.47 Å². The van der Waals surface area contributed by atoms with Gasteiger partial charge in [-0.25, -0.2) is 0 Å². The van der Waals surface area contributed by atoms with Gasteiger partial charge in [0.25, 0.3) is 0 Å². The van der Waals surface area contributed by atoms with Crippen LogP contribution in [-0.2, 0) is 27.8 Å². The molecule has 4 aromatic rings. The van der Waals surface area contributed by atoms with Gasteiger partial charge in [-0.05, 0) is 73.7 Å². The highest BCUT2D eigenvalue weighted by atomic mass is 19.4. The lowest BCUT2D eigenvalue weighted by atomic mass is 9.56. The Balaban J connectivity index is 1.26. The molecule has 0 radical (unpaired) electrons. The summed E-state index contributed by atoms with van der Waals surface area (Å²) in [5.74, 6) is 0.874. The van der Waals surface area contributed by atoms with Crippen LogP contribution in [0.1, 0.15) is 48.8 Å². The molecule has 0 saturated heterocycles. The zero-order chi connectivity index (χ0) is 28.8. The van der Waals surface area contributed by atoms with Gasteiger partial charge in [-0.15, -0.1) is 10.2 Å². The minimum absolute atomic E-state index is 0.0518. The van der Waals surface area contributed by atoms with Crippen LogP contribution in [0.2, 0.25) is 0 Å². The van der Waals surface area contributed by atoms with Crippen molar-refractivity contribution in [3.8, 4) is 22.8 Å². The average Bonchev–Trinajstić information content (AvgIpc) is 3.38. The van der Waals surface area contributed by atoms with Crippen molar-refractivity contribution in [3.05, 3.63) is 71.4 Å². The van der Waals surface area contributed by atoms with Gasteiger partial charge in [0, 0.05) is 37.1 Å². The number of rotatable bonds is 9. The van der Waals surface area contributed by atoms with E-state index >= 15 is 0 Å². The van der Waals surface area contributed by atoms with Gasteiger partial charge in [-0.2, -0.15) is 13.2 Å². The Kier molecular flexibility index (Phi) is 6.94. The lowest BCUT2D eigenvalue weighted by Gasteiger charge is -2.60. The molecule has 7 rings (SSSR count). The number of fused-ring (bicyclic) bond motifs is 3. The molecule has 0 amide bonds. The van der Waals surface area contributed by atoms with Crippen molar-refractivity contribution in [3.63, 3.8) is 0 Å². The van der Waals surface area contributed by atoms with Gasteiger partial charge >= 0.3 is 6.18 Å². The van der Waals surface area contributed by atoms with Crippen LogP contribution in [0.25, 0.3) is 22.3 Å². The molecule has 3 saturated carbocycles. The minimum Gasteiger partial charge on any atom is -0.497 e. The average molecular weight is 568 g/mol. The Hall–Kier alpha value is -3.63. The summed E-state index contributed by atoms with van der Waals surface area (Å²) in [5.41, 5.74) is 2.12. The van der Waals surface area contributed by atoms with Crippen molar-refractivity contribution in [1.29, 1.82) is 0 Å². The topological polar surface area (TPSA) is 67.6 Å². The van der Waals surface area contributed by atoms with E-state index in [9.17, 15) is 13.2 Å². The number of halogens is 3. The highest BCUT2D eigenvalue weighted by Gasteiger charge is 2.59. The zero-order valence-electron chi connectivity index (χ0n) is 23.3. The minimum atomic E-state index is -4.50. The first-order chi connectivity index (χ1) is 19.7. The third-order valence-electron chi connectivity index (χ3n) is 8.44. The van der Waals surface area contributed by atoms with E-state index in [1.54, 1.807) is 14.0 Å². The Morgan fingerprint density at radius 3 is 2.46 bits per heavy atom. The maximum atomic E-state index is 13.5. The number of ether oxygens (including phenoxy) is 4. The van der Waals surface area contributed by atoms with Gasteiger partial charge in [0.1, 0.15) is 11.5 Å². The molecule has 0 spiro atoms. The smallest absolute Gasteiger partial charge is 0.416 e. The van der Waals surface area contributed by atoms with Crippen molar-refractivity contribution in [2.45, 2.75) is 63.0 Å². The monoisotopic (exact) mass is 567 g/mol. The molecule has 10 heteroatoms. The molecule has 3 fully saturated rings. The van der Waals surface area contributed by atoms with E-state index in [1.807, 2.05) is 42.6 Å². The lowest BCUT2D eigenvalue weighted by Crippen LogP contribution is -2.62. The Bertz CT molecular complexity index is 1560. The maximum Gasteiger partial charge on any atom is 0.416 e. The molecule has 0 unspecified atom stereocenters. The molecule has 216 valence electrons. The fourth-order valence-corrected chi connectivity index (χ4v) is 6.59. The van der Waals surface area contributed by atoms with Gasteiger partial charge < -0.3 is 23.5 Å². The number of methoxy groups -OCH3 is 2. The maximum absolute atomic E-state index is 13.5. The predicted molar refractivity (Wildman–Crippen MR) is 147 cm³/mol. The number of nitrogens with zero attached hydrogens (tertiary/aromatic N) is 3. The lowest BCUT2D eigenvalue weighted by molar-refractivity contribution is -0.197. The summed E-state index contributed by atoms with van der Waals surface area (Å²) in [6, 6.07) is 13.9. The molecule has 2 heterocycles. The summed E-state index contributed by atoms with van der Waals surface area (Å²) >= 11 is 0. The molecule has 2 aromatic heterocycles. The Morgan fingerprint density at radius 2 is 1.76 bits per heavy atom. The van der Waals surface area contributed by atoms with Crippen molar-refractivity contribution < 1.29 is 32.1 Å². The van der Waals surface area contributed by atoms with E-state index < -0.39 is 11.7 Å². The van der Waals surface area contributed by atoms with Gasteiger partial charge in [-0.3, -0.25) is 0 Å². The highest BCUT2D eigenvalue weighted by Crippen LogP contribution is 2.59. The summed E-state index contributed by atoms with van der Waals surface area (Å²) in [7, 11) is 3.07. The largest absolute Gasteiger partial charge is 0.497 e. The molecule has 3 aliphatic rings. The second kappa shape index (κ2) is 10.3. The van der Waals surface area contributed by atoms with Crippen LogP contribution in [-0.4, -0.2) is 41.4 Å². The summed E-state index contributed by atoms with van der Waals surface area (Å²) in [5, 5.41) is 9.91. The summed E-state index contributed by atoms with van der Waals surface area (Å²) in [6.07, 6.45) is 2.45.